The fourth-order valence-electron chi connectivity index (χ4n) is 3.97. The molecule has 1 aliphatic rings. The molecule has 0 aliphatic carbocycles. The van der Waals surface area contributed by atoms with Crippen molar-refractivity contribution in [3.05, 3.63) is 58.7 Å². The van der Waals surface area contributed by atoms with Crippen LogP contribution in [0.2, 0.25) is 0 Å². The maximum absolute atomic E-state index is 13.2. The molecule has 0 bridgehead atoms. The summed E-state index contributed by atoms with van der Waals surface area (Å²) in [6, 6.07) is 10.5. The van der Waals surface area contributed by atoms with Crippen LogP contribution >= 0.6 is 0 Å². The first-order chi connectivity index (χ1) is 14.6. The Labute approximate surface area is 183 Å². The molecule has 1 heterocycles. The van der Waals surface area contributed by atoms with Crippen molar-refractivity contribution >= 4 is 27.5 Å². The number of rotatable bonds is 5. The maximum Gasteiger partial charge on any atom is 0.313 e. The number of aryl methyl sites for hydroxylation is 4. The van der Waals surface area contributed by atoms with Gasteiger partial charge < -0.3 is 10.6 Å². The van der Waals surface area contributed by atoms with Crippen LogP contribution in [0.3, 0.4) is 0 Å². The van der Waals surface area contributed by atoms with Crippen molar-refractivity contribution in [2.75, 3.05) is 18.4 Å². The second-order valence-electron chi connectivity index (χ2n) is 8.22. The van der Waals surface area contributed by atoms with Gasteiger partial charge in [-0.3, -0.25) is 9.59 Å². The highest BCUT2D eigenvalue weighted by molar-refractivity contribution is 7.89. The van der Waals surface area contributed by atoms with E-state index in [-0.39, 0.29) is 12.6 Å². The molecule has 7 nitrogen and oxygen atoms in total. The zero-order valence-corrected chi connectivity index (χ0v) is 19.2. The van der Waals surface area contributed by atoms with E-state index < -0.39 is 21.8 Å². The third-order valence-corrected chi connectivity index (χ3v) is 7.53. The van der Waals surface area contributed by atoms with E-state index in [0.29, 0.717) is 35.5 Å². The first-order valence-electron chi connectivity index (χ1n) is 10.3. The quantitative estimate of drug-likeness (QED) is 0.695. The molecule has 1 atom stereocenters. The summed E-state index contributed by atoms with van der Waals surface area (Å²) in [5.41, 5.74) is 4.07. The summed E-state index contributed by atoms with van der Waals surface area (Å²) in [6.45, 7) is 7.93. The lowest BCUT2D eigenvalue weighted by molar-refractivity contribution is -0.136. The molecule has 2 N–H and O–H groups in total. The standard InChI is InChI=1S/C23H29N3O4S/c1-15-7-8-18(4)21(13-15)31(29,30)26-9-5-6-20(26)14-24-22(27)23(28)25-19-11-16(2)10-17(3)12-19/h7-8,10-13,20H,5-6,9,14H2,1-4H3,(H,24,27)(H,25,28). The van der Waals surface area contributed by atoms with Crippen LogP contribution in [0.4, 0.5) is 5.69 Å². The number of hydrogen-bond donors (Lipinski definition) is 2. The van der Waals surface area contributed by atoms with E-state index in [2.05, 4.69) is 10.6 Å². The van der Waals surface area contributed by atoms with Gasteiger partial charge in [0, 0.05) is 24.8 Å². The molecule has 1 aliphatic heterocycles. The molecule has 3 rings (SSSR count). The third kappa shape index (κ3) is 5.32. The van der Waals surface area contributed by atoms with Gasteiger partial charge in [-0.2, -0.15) is 4.31 Å². The molecule has 8 heteroatoms. The van der Waals surface area contributed by atoms with Gasteiger partial charge in [0.25, 0.3) is 0 Å². The van der Waals surface area contributed by atoms with Crippen molar-refractivity contribution < 1.29 is 18.0 Å². The van der Waals surface area contributed by atoms with Gasteiger partial charge in [-0.1, -0.05) is 18.2 Å². The van der Waals surface area contributed by atoms with Gasteiger partial charge in [0.05, 0.1) is 4.90 Å². The van der Waals surface area contributed by atoms with Gasteiger partial charge >= 0.3 is 11.8 Å². The molecule has 31 heavy (non-hydrogen) atoms. The monoisotopic (exact) mass is 443 g/mol. The largest absolute Gasteiger partial charge is 0.346 e. The molecular weight excluding hydrogens is 414 g/mol. The van der Waals surface area contributed by atoms with Crippen molar-refractivity contribution in [1.29, 1.82) is 0 Å². The summed E-state index contributed by atoms with van der Waals surface area (Å²) in [7, 11) is -3.69. The van der Waals surface area contributed by atoms with Crippen LogP contribution in [0.25, 0.3) is 0 Å². The summed E-state index contributed by atoms with van der Waals surface area (Å²) >= 11 is 0. The van der Waals surface area contributed by atoms with Crippen LogP contribution in [0.15, 0.2) is 41.3 Å². The third-order valence-electron chi connectivity index (χ3n) is 5.44. The number of carbonyl (C=O) groups excluding carboxylic acids is 2. The molecule has 2 aromatic rings. The van der Waals surface area contributed by atoms with E-state index in [1.807, 2.05) is 32.9 Å². The number of nitrogens with zero attached hydrogens (tertiary/aromatic N) is 1. The summed E-state index contributed by atoms with van der Waals surface area (Å²) in [5.74, 6) is -1.55. The van der Waals surface area contributed by atoms with Crippen LogP contribution in [0, 0.1) is 27.7 Å². The van der Waals surface area contributed by atoms with Crippen molar-refractivity contribution in [1.82, 2.24) is 9.62 Å². The molecule has 2 amide bonds. The highest BCUT2D eigenvalue weighted by Crippen LogP contribution is 2.28. The number of benzene rings is 2. The molecule has 1 fully saturated rings. The van der Waals surface area contributed by atoms with Gasteiger partial charge in [0.2, 0.25) is 10.0 Å². The molecule has 0 saturated carbocycles. The number of carbonyl (C=O) groups is 2. The predicted octanol–water partition coefficient (Wildman–Crippen LogP) is 2.83. The first-order valence-corrected chi connectivity index (χ1v) is 11.8. The topological polar surface area (TPSA) is 95.6 Å². The second kappa shape index (κ2) is 9.20. The first kappa shape index (κ1) is 23.0. The van der Waals surface area contributed by atoms with Crippen molar-refractivity contribution in [2.45, 2.75) is 51.5 Å². The SMILES string of the molecule is Cc1cc(C)cc(NC(=O)C(=O)NCC2CCCN2S(=O)(=O)c2cc(C)ccc2C)c1. The minimum atomic E-state index is -3.69. The molecule has 166 valence electrons. The molecule has 1 saturated heterocycles. The Bertz CT molecular complexity index is 1090. The molecule has 0 radical (unpaired) electrons. The van der Waals surface area contributed by atoms with Crippen LogP contribution in [-0.2, 0) is 19.6 Å². The normalized spacial score (nSPS) is 16.8. The summed E-state index contributed by atoms with van der Waals surface area (Å²) in [4.78, 5) is 24.9. The van der Waals surface area contributed by atoms with Crippen molar-refractivity contribution in [2.24, 2.45) is 0 Å². The van der Waals surface area contributed by atoms with Gasteiger partial charge in [-0.15, -0.1) is 0 Å². The average Bonchev–Trinajstić information content (AvgIpc) is 3.16. The lowest BCUT2D eigenvalue weighted by Gasteiger charge is -2.25. The van der Waals surface area contributed by atoms with E-state index in [9.17, 15) is 18.0 Å². The van der Waals surface area contributed by atoms with Crippen molar-refractivity contribution in [3.8, 4) is 0 Å². The molecule has 0 spiro atoms. The Kier molecular flexibility index (Phi) is 6.81. The minimum absolute atomic E-state index is 0.0865. The Balaban J connectivity index is 1.66. The van der Waals surface area contributed by atoms with E-state index in [0.717, 1.165) is 16.7 Å². The lowest BCUT2D eigenvalue weighted by atomic mass is 10.1. The fourth-order valence-corrected chi connectivity index (χ4v) is 5.97. The van der Waals surface area contributed by atoms with Gasteiger partial charge in [-0.05, 0) is 81.0 Å². The molecule has 1 unspecified atom stereocenters. The number of sulfonamides is 1. The molecule has 0 aromatic heterocycles. The highest BCUT2D eigenvalue weighted by Gasteiger charge is 2.36. The van der Waals surface area contributed by atoms with E-state index in [1.54, 1.807) is 31.2 Å². The van der Waals surface area contributed by atoms with Crippen LogP contribution in [0.1, 0.15) is 35.1 Å². The molecule has 2 aromatic carbocycles. The van der Waals surface area contributed by atoms with Gasteiger partial charge in [0.1, 0.15) is 0 Å². The number of nitrogens with one attached hydrogen (secondary N) is 2. The van der Waals surface area contributed by atoms with Gasteiger partial charge in [-0.25, -0.2) is 8.42 Å². The van der Waals surface area contributed by atoms with Crippen molar-refractivity contribution in [3.63, 3.8) is 0 Å². The Hall–Kier alpha value is -2.71. The lowest BCUT2D eigenvalue weighted by Crippen LogP contribution is -2.45. The summed E-state index contributed by atoms with van der Waals surface area (Å²) < 4.78 is 27.9. The Morgan fingerprint density at radius 2 is 1.65 bits per heavy atom. The van der Waals surface area contributed by atoms with Crippen LogP contribution in [-0.4, -0.2) is 43.7 Å². The van der Waals surface area contributed by atoms with Crippen LogP contribution < -0.4 is 10.6 Å². The van der Waals surface area contributed by atoms with E-state index in [1.165, 1.54) is 4.31 Å². The zero-order valence-electron chi connectivity index (χ0n) is 18.4. The Morgan fingerprint density at radius 3 is 2.32 bits per heavy atom. The highest BCUT2D eigenvalue weighted by atomic mass is 32.2. The minimum Gasteiger partial charge on any atom is -0.346 e. The Morgan fingerprint density at radius 1 is 0.968 bits per heavy atom. The number of anilines is 1. The molecular formula is C23H29N3O4S. The zero-order chi connectivity index (χ0) is 22.8. The van der Waals surface area contributed by atoms with Gasteiger partial charge in [0.15, 0.2) is 0 Å². The second-order valence-corrected chi connectivity index (χ2v) is 10.1. The maximum atomic E-state index is 13.2. The smallest absolute Gasteiger partial charge is 0.313 e. The number of hydrogen-bond acceptors (Lipinski definition) is 4. The summed E-state index contributed by atoms with van der Waals surface area (Å²) in [5, 5.41) is 5.19. The summed E-state index contributed by atoms with van der Waals surface area (Å²) in [6.07, 6.45) is 1.34. The predicted molar refractivity (Wildman–Crippen MR) is 120 cm³/mol. The number of amides is 2. The van der Waals surface area contributed by atoms with Crippen LogP contribution in [0.5, 0.6) is 0 Å². The fraction of sp³-hybridized carbons (Fsp3) is 0.391. The van der Waals surface area contributed by atoms with E-state index >= 15 is 0 Å². The average molecular weight is 444 g/mol. The van der Waals surface area contributed by atoms with E-state index in [4.69, 9.17) is 0 Å².